The number of fused-ring (bicyclic) bond motifs is 3. The van der Waals surface area contributed by atoms with Gasteiger partial charge >= 0.3 is 12.3 Å². The van der Waals surface area contributed by atoms with Crippen LogP contribution in [-0.2, 0) is 10.9 Å². The van der Waals surface area contributed by atoms with Crippen LogP contribution in [0.4, 0.5) is 18.0 Å². The van der Waals surface area contributed by atoms with Crippen molar-refractivity contribution >= 4 is 12.2 Å². The molecule has 0 heterocycles. The molecule has 4 rings (SSSR count). The highest BCUT2D eigenvalue weighted by atomic mass is 19.4. The summed E-state index contributed by atoms with van der Waals surface area (Å²) in [5.74, 6) is 0.00527. The van der Waals surface area contributed by atoms with Crippen molar-refractivity contribution < 1.29 is 22.7 Å². The van der Waals surface area contributed by atoms with E-state index in [4.69, 9.17) is 4.74 Å². The van der Waals surface area contributed by atoms with Gasteiger partial charge in [0, 0.05) is 12.5 Å². The summed E-state index contributed by atoms with van der Waals surface area (Å²) in [5.41, 5.74) is 5.25. The van der Waals surface area contributed by atoms with Crippen molar-refractivity contribution in [3.63, 3.8) is 0 Å². The molecule has 3 aromatic rings. The molecule has 3 nitrogen and oxygen atoms in total. The smallest absolute Gasteiger partial charge is 0.416 e. The van der Waals surface area contributed by atoms with Crippen molar-refractivity contribution in [3.8, 4) is 11.1 Å². The monoisotopic (exact) mass is 451 g/mol. The van der Waals surface area contributed by atoms with Crippen LogP contribution < -0.4 is 5.32 Å². The lowest BCUT2D eigenvalue weighted by Crippen LogP contribution is -2.26. The fourth-order valence-electron chi connectivity index (χ4n) is 4.16. The average Bonchev–Trinajstić information content (AvgIpc) is 3.11. The van der Waals surface area contributed by atoms with Crippen molar-refractivity contribution in [3.05, 3.63) is 101 Å². The summed E-state index contributed by atoms with van der Waals surface area (Å²) in [6.07, 6.45) is -0.727. The molecule has 33 heavy (non-hydrogen) atoms. The Hall–Kier alpha value is -3.54. The number of nitrogens with one attached hydrogen (secondary N) is 1. The highest BCUT2D eigenvalue weighted by molar-refractivity contribution is 5.79. The van der Waals surface area contributed by atoms with Gasteiger partial charge in [0.05, 0.1) is 5.56 Å². The van der Waals surface area contributed by atoms with Crippen molar-refractivity contribution in [2.75, 3.05) is 13.2 Å². The van der Waals surface area contributed by atoms with Crippen LogP contribution >= 0.6 is 0 Å². The summed E-state index contributed by atoms with van der Waals surface area (Å²) in [4.78, 5) is 12.2. The van der Waals surface area contributed by atoms with Crippen LogP contribution in [0.2, 0.25) is 0 Å². The van der Waals surface area contributed by atoms with Crippen LogP contribution in [0.1, 0.15) is 40.2 Å². The van der Waals surface area contributed by atoms with Crippen LogP contribution in [0.5, 0.6) is 0 Å². The van der Waals surface area contributed by atoms with E-state index in [1.165, 1.54) is 17.2 Å². The summed E-state index contributed by atoms with van der Waals surface area (Å²) in [6, 6.07) is 19.9. The SMILES string of the molecule is Cc1cc(C(F)(F)F)ccc1C=CCCNC(=O)OCC1c2ccccc2-c2ccccc21. The normalized spacial score (nSPS) is 13.1. The van der Waals surface area contributed by atoms with Gasteiger partial charge in [-0.1, -0.05) is 66.7 Å². The molecule has 0 saturated carbocycles. The van der Waals surface area contributed by atoms with Gasteiger partial charge in [-0.05, 0) is 58.9 Å². The molecule has 0 fully saturated rings. The van der Waals surface area contributed by atoms with Gasteiger partial charge in [-0.15, -0.1) is 0 Å². The number of carbonyl (C=O) groups excluding carboxylic acids is 1. The van der Waals surface area contributed by atoms with Crippen molar-refractivity contribution in [2.24, 2.45) is 0 Å². The predicted molar refractivity (Wildman–Crippen MR) is 123 cm³/mol. The number of rotatable bonds is 6. The van der Waals surface area contributed by atoms with E-state index < -0.39 is 17.8 Å². The van der Waals surface area contributed by atoms with Crippen LogP contribution in [0.3, 0.4) is 0 Å². The first-order chi connectivity index (χ1) is 15.8. The Morgan fingerprint density at radius 2 is 1.64 bits per heavy atom. The molecular formula is C27H24F3NO2. The molecule has 0 unspecified atom stereocenters. The van der Waals surface area contributed by atoms with Crippen LogP contribution in [-0.4, -0.2) is 19.2 Å². The zero-order chi connectivity index (χ0) is 23.4. The fraction of sp³-hybridized carbons (Fsp3) is 0.222. The minimum Gasteiger partial charge on any atom is -0.449 e. The van der Waals surface area contributed by atoms with E-state index in [1.807, 2.05) is 30.3 Å². The van der Waals surface area contributed by atoms with Crippen LogP contribution in [0.25, 0.3) is 17.2 Å². The molecule has 6 heteroatoms. The second-order valence-electron chi connectivity index (χ2n) is 8.01. The minimum absolute atomic E-state index is 0.00527. The van der Waals surface area contributed by atoms with Crippen molar-refractivity contribution in [1.82, 2.24) is 5.32 Å². The maximum atomic E-state index is 12.8. The summed E-state index contributed by atoms with van der Waals surface area (Å²) in [7, 11) is 0. The van der Waals surface area contributed by atoms with Gasteiger partial charge in [-0.3, -0.25) is 0 Å². The van der Waals surface area contributed by atoms with E-state index in [-0.39, 0.29) is 12.5 Å². The van der Waals surface area contributed by atoms with Gasteiger partial charge in [0.25, 0.3) is 0 Å². The van der Waals surface area contributed by atoms with E-state index in [1.54, 1.807) is 13.0 Å². The van der Waals surface area contributed by atoms with Gasteiger partial charge in [-0.2, -0.15) is 13.2 Å². The Bertz CT molecular complexity index is 1140. The first-order valence-corrected chi connectivity index (χ1v) is 10.8. The molecule has 1 aliphatic carbocycles. The minimum atomic E-state index is -4.35. The second-order valence-corrected chi connectivity index (χ2v) is 8.01. The maximum Gasteiger partial charge on any atom is 0.416 e. The summed E-state index contributed by atoms with van der Waals surface area (Å²) in [6.45, 7) is 2.26. The van der Waals surface area contributed by atoms with Gasteiger partial charge in [0.1, 0.15) is 6.61 Å². The molecule has 0 spiro atoms. The number of alkyl carbamates (subject to hydrolysis) is 1. The standard InChI is InChI=1S/C27H24F3NO2/c1-18-16-20(27(28,29)30)14-13-19(18)8-6-7-15-31-26(32)33-17-25-23-11-4-2-9-21(23)22-10-3-5-12-24(22)25/h2-6,8-14,16,25H,7,15,17H2,1H3,(H,31,32). The Morgan fingerprint density at radius 1 is 1.00 bits per heavy atom. The molecule has 0 aromatic heterocycles. The van der Waals surface area contributed by atoms with Gasteiger partial charge < -0.3 is 10.1 Å². The maximum absolute atomic E-state index is 12.8. The molecule has 0 radical (unpaired) electrons. The third-order valence-electron chi connectivity index (χ3n) is 5.82. The van der Waals surface area contributed by atoms with Crippen molar-refractivity contribution in [2.45, 2.75) is 25.4 Å². The summed E-state index contributed by atoms with van der Waals surface area (Å²) in [5, 5.41) is 2.72. The zero-order valence-corrected chi connectivity index (χ0v) is 18.2. The Labute approximate surface area is 190 Å². The number of hydrogen-bond acceptors (Lipinski definition) is 2. The van der Waals surface area contributed by atoms with E-state index in [0.29, 0.717) is 24.1 Å². The number of benzene rings is 3. The molecule has 0 aliphatic heterocycles. The topological polar surface area (TPSA) is 38.3 Å². The molecule has 1 amide bonds. The predicted octanol–water partition coefficient (Wildman–Crippen LogP) is 6.96. The highest BCUT2D eigenvalue weighted by Gasteiger charge is 2.30. The van der Waals surface area contributed by atoms with E-state index in [0.717, 1.165) is 23.3 Å². The molecule has 0 atom stereocenters. The molecule has 3 aromatic carbocycles. The van der Waals surface area contributed by atoms with E-state index in [2.05, 4.69) is 29.6 Å². The van der Waals surface area contributed by atoms with Gasteiger partial charge in [0.15, 0.2) is 0 Å². The third-order valence-corrected chi connectivity index (χ3v) is 5.82. The van der Waals surface area contributed by atoms with Gasteiger partial charge in [-0.25, -0.2) is 4.79 Å². The van der Waals surface area contributed by atoms with E-state index in [9.17, 15) is 18.0 Å². The number of alkyl halides is 3. The van der Waals surface area contributed by atoms with Crippen molar-refractivity contribution in [1.29, 1.82) is 0 Å². The Balaban J connectivity index is 1.26. The molecule has 170 valence electrons. The van der Waals surface area contributed by atoms with Crippen LogP contribution in [0.15, 0.2) is 72.8 Å². The Morgan fingerprint density at radius 3 is 2.24 bits per heavy atom. The number of halogens is 3. The lowest BCUT2D eigenvalue weighted by atomic mass is 9.98. The Kier molecular flexibility index (Phi) is 6.54. The number of ether oxygens (including phenoxy) is 1. The largest absolute Gasteiger partial charge is 0.449 e. The van der Waals surface area contributed by atoms with E-state index >= 15 is 0 Å². The molecular weight excluding hydrogens is 427 g/mol. The lowest BCUT2D eigenvalue weighted by Gasteiger charge is -2.14. The first-order valence-electron chi connectivity index (χ1n) is 10.8. The number of hydrogen-bond donors (Lipinski definition) is 1. The molecule has 0 bridgehead atoms. The number of aryl methyl sites for hydroxylation is 1. The number of amides is 1. The van der Waals surface area contributed by atoms with Gasteiger partial charge in [0.2, 0.25) is 0 Å². The van der Waals surface area contributed by atoms with Crippen LogP contribution in [0, 0.1) is 6.92 Å². The first kappa shape index (κ1) is 22.6. The lowest BCUT2D eigenvalue weighted by molar-refractivity contribution is -0.137. The zero-order valence-electron chi connectivity index (χ0n) is 18.2. The molecule has 1 aliphatic rings. The highest BCUT2D eigenvalue weighted by Crippen LogP contribution is 2.44. The second kappa shape index (κ2) is 9.53. The molecule has 0 saturated heterocycles. The fourth-order valence-corrected chi connectivity index (χ4v) is 4.16. The number of carbonyl (C=O) groups is 1. The third kappa shape index (κ3) is 5.11. The summed E-state index contributed by atoms with van der Waals surface area (Å²) >= 11 is 0. The quantitative estimate of drug-likeness (QED) is 0.412. The summed E-state index contributed by atoms with van der Waals surface area (Å²) < 4.78 is 43.8. The molecule has 1 N–H and O–H groups in total. The average molecular weight is 451 g/mol.